The van der Waals surface area contributed by atoms with Crippen LogP contribution in [-0.4, -0.2) is 40.2 Å². The SMILES string of the molecule is O=C(c1n[nH]c2c1COC2)N1CCC(Oc2ccc(Cl)cc2)CC1. The van der Waals surface area contributed by atoms with E-state index in [1.807, 2.05) is 29.2 Å². The molecule has 0 saturated carbocycles. The maximum atomic E-state index is 12.7. The van der Waals surface area contributed by atoms with Gasteiger partial charge in [0.15, 0.2) is 5.69 Å². The fourth-order valence-electron chi connectivity index (χ4n) is 3.14. The molecule has 0 spiro atoms. The molecule has 0 atom stereocenters. The number of carbonyl (C=O) groups is 1. The smallest absolute Gasteiger partial charge is 0.274 e. The zero-order valence-corrected chi connectivity index (χ0v) is 13.9. The van der Waals surface area contributed by atoms with Crippen LogP contribution in [-0.2, 0) is 18.0 Å². The number of amides is 1. The van der Waals surface area contributed by atoms with Crippen LogP contribution in [0.1, 0.15) is 34.6 Å². The van der Waals surface area contributed by atoms with Gasteiger partial charge in [-0.2, -0.15) is 5.10 Å². The lowest BCUT2D eigenvalue weighted by Gasteiger charge is -2.32. The average molecular weight is 348 g/mol. The summed E-state index contributed by atoms with van der Waals surface area (Å²) in [6.45, 7) is 2.30. The van der Waals surface area contributed by atoms with E-state index in [1.54, 1.807) is 0 Å². The summed E-state index contributed by atoms with van der Waals surface area (Å²) in [7, 11) is 0. The molecule has 0 aliphatic carbocycles. The van der Waals surface area contributed by atoms with Crippen LogP contribution in [0.4, 0.5) is 0 Å². The largest absolute Gasteiger partial charge is 0.490 e. The van der Waals surface area contributed by atoms with Gasteiger partial charge in [0.05, 0.1) is 18.9 Å². The van der Waals surface area contributed by atoms with Gasteiger partial charge in [-0.15, -0.1) is 0 Å². The topological polar surface area (TPSA) is 67.5 Å². The predicted molar refractivity (Wildman–Crippen MR) is 88.1 cm³/mol. The average Bonchev–Trinajstić information content (AvgIpc) is 3.20. The first-order chi connectivity index (χ1) is 11.7. The molecule has 24 heavy (non-hydrogen) atoms. The van der Waals surface area contributed by atoms with E-state index < -0.39 is 0 Å². The third-order valence-electron chi connectivity index (χ3n) is 4.49. The second-order valence-corrected chi connectivity index (χ2v) is 6.52. The highest BCUT2D eigenvalue weighted by Crippen LogP contribution is 2.25. The van der Waals surface area contributed by atoms with Crippen molar-refractivity contribution in [2.24, 2.45) is 0 Å². The lowest BCUT2D eigenvalue weighted by molar-refractivity contribution is 0.0585. The fraction of sp³-hybridized carbons (Fsp3) is 0.412. The van der Waals surface area contributed by atoms with Gasteiger partial charge >= 0.3 is 0 Å². The quantitative estimate of drug-likeness (QED) is 0.927. The Labute approximate surface area is 144 Å². The highest BCUT2D eigenvalue weighted by molar-refractivity contribution is 6.30. The molecule has 0 bridgehead atoms. The summed E-state index contributed by atoms with van der Waals surface area (Å²) in [5.41, 5.74) is 2.32. The number of carbonyl (C=O) groups excluding carboxylic acids is 1. The van der Waals surface area contributed by atoms with Crippen molar-refractivity contribution >= 4 is 17.5 Å². The van der Waals surface area contributed by atoms with Gasteiger partial charge in [-0.05, 0) is 24.3 Å². The third-order valence-corrected chi connectivity index (χ3v) is 4.75. The molecule has 0 unspecified atom stereocenters. The number of nitrogens with zero attached hydrogens (tertiary/aromatic N) is 2. The molecule has 1 N–H and O–H groups in total. The van der Waals surface area contributed by atoms with Crippen LogP contribution >= 0.6 is 11.6 Å². The molecule has 1 saturated heterocycles. The van der Waals surface area contributed by atoms with Gasteiger partial charge in [-0.1, -0.05) is 11.6 Å². The lowest BCUT2D eigenvalue weighted by Crippen LogP contribution is -2.42. The number of H-pyrrole nitrogens is 1. The molecular weight excluding hydrogens is 330 g/mol. The number of likely N-dealkylation sites (tertiary alicyclic amines) is 1. The summed E-state index contributed by atoms with van der Waals surface area (Å²) in [6, 6.07) is 7.37. The maximum Gasteiger partial charge on any atom is 0.274 e. The molecule has 2 aliphatic rings. The number of aromatic nitrogens is 2. The number of hydrogen-bond acceptors (Lipinski definition) is 4. The number of aromatic amines is 1. The lowest BCUT2D eigenvalue weighted by atomic mass is 10.1. The van der Waals surface area contributed by atoms with Crippen molar-refractivity contribution in [3.8, 4) is 5.75 Å². The zero-order chi connectivity index (χ0) is 16.5. The van der Waals surface area contributed by atoms with Gasteiger partial charge in [-0.25, -0.2) is 0 Å². The van der Waals surface area contributed by atoms with E-state index in [2.05, 4.69) is 10.2 Å². The molecule has 1 aromatic carbocycles. The van der Waals surface area contributed by atoms with Crippen LogP contribution in [0.5, 0.6) is 5.75 Å². The van der Waals surface area contributed by atoms with Crippen LogP contribution in [0.3, 0.4) is 0 Å². The number of nitrogens with one attached hydrogen (secondary N) is 1. The van der Waals surface area contributed by atoms with Gasteiger partial charge in [-0.3, -0.25) is 9.89 Å². The molecule has 1 aromatic heterocycles. The van der Waals surface area contributed by atoms with Gasteiger partial charge in [0.2, 0.25) is 0 Å². The van der Waals surface area contributed by atoms with E-state index in [9.17, 15) is 4.79 Å². The highest BCUT2D eigenvalue weighted by atomic mass is 35.5. The number of hydrogen-bond donors (Lipinski definition) is 1. The van der Waals surface area contributed by atoms with Gasteiger partial charge in [0.1, 0.15) is 11.9 Å². The minimum absolute atomic E-state index is 0.0251. The van der Waals surface area contributed by atoms with E-state index in [0.717, 1.165) is 29.8 Å². The number of halogens is 1. The van der Waals surface area contributed by atoms with Crippen LogP contribution in [0.25, 0.3) is 0 Å². The molecule has 2 aliphatic heterocycles. The summed E-state index contributed by atoms with van der Waals surface area (Å²) >= 11 is 5.88. The molecule has 1 amide bonds. The first-order valence-corrected chi connectivity index (χ1v) is 8.44. The number of benzene rings is 1. The van der Waals surface area contributed by atoms with Crippen molar-refractivity contribution in [1.82, 2.24) is 15.1 Å². The monoisotopic (exact) mass is 347 g/mol. The number of piperidine rings is 1. The van der Waals surface area contributed by atoms with Crippen molar-refractivity contribution in [3.63, 3.8) is 0 Å². The first kappa shape index (κ1) is 15.5. The van der Waals surface area contributed by atoms with E-state index in [0.29, 0.717) is 37.0 Å². The van der Waals surface area contributed by atoms with Crippen LogP contribution in [0, 0.1) is 0 Å². The molecule has 3 heterocycles. The molecule has 6 nitrogen and oxygen atoms in total. The minimum Gasteiger partial charge on any atom is -0.490 e. The fourth-order valence-corrected chi connectivity index (χ4v) is 3.27. The predicted octanol–water partition coefficient (Wildman–Crippen LogP) is 2.78. The van der Waals surface area contributed by atoms with E-state index >= 15 is 0 Å². The van der Waals surface area contributed by atoms with E-state index in [4.69, 9.17) is 21.1 Å². The Kier molecular flexibility index (Phi) is 4.16. The van der Waals surface area contributed by atoms with Crippen molar-refractivity contribution < 1.29 is 14.3 Å². The van der Waals surface area contributed by atoms with E-state index in [1.165, 1.54) is 0 Å². The zero-order valence-electron chi connectivity index (χ0n) is 13.1. The van der Waals surface area contributed by atoms with Gasteiger partial charge in [0.25, 0.3) is 5.91 Å². The van der Waals surface area contributed by atoms with Gasteiger partial charge < -0.3 is 14.4 Å². The Hall–Kier alpha value is -2.05. The van der Waals surface area contributed by atoms with Crippen LogP contribution < -0.4 is 4.74 Å². The highest BCUT2D eigenvalue weighted by Gasteiger charge is 2.30. The molecule has 7 heteroatoms. The van der Waals surface area contributed by atoms with Crippen molar-refractivity contribution in [3.05, 3.63) is 46.2 Å². The maximum absolute atomic E-state index is 12.7. The van der Waals surface area contributed by atoms with Gasteiger partial charge in [0, 0.05) is 36.5 Å². The number of rotatable bonds is 3. The third kappa shape index (κ3) is 2.99. The first-order valence-electron chi connectivity index (χ1n) is 8.06. The summed E-state index contributed by atoms with van der Waals surface area (Å²) in [4.78, 5) is 14.5. The van der Waals surface area contributed by atoms with Crippen molar-refractivity contribution in [1.29, 1.82) is 0 Å². The summed E-state index contributed by atoms with van der Waals surface area (Å²) < 4.78 is 11.3. The van der Waals surface area contributed by atoms with Crippen LogP contribution in [0.15, 0.2) is 24.3 Å². The Balaban J connectivity index is 1.35. The molecule has 126 valence electrons. The molecule has 1 fully saturated rings. The number of ether oxygens (including phenoxy) is 2. The van der Waals surface area contributed by atoms with Crippen molar-refractivity contribution in [2.75, 3.05) is 13.1 Å². The second-order valence-electron chi connectivity index (χ2n) is 6.09. The molecular formula is C17H18ClN3O3. The minimum atomic E-state index is -0.0251. The second kappa shape index (κ2) is 6.45. The summed E-state index contributed by atoms with van der Waals surface area (Å²) in [5.74, 6) is 0.786. The Bertz CT molecular complexity index is 736. The molecule has 2 aromatic rings. The van der Waals surface area contributed by atoms with E-state index in [-0.39, 0.29) is 12.0 Å². The number of fused-ring (bicyclic) bond motifs is 1. The Morgan fingerprint density at radius 2 is 2.00 bits per heavy atom. The normalized spacial score (nSPS) is 17.8. The Morgan fingerprint density at radius 1 is 1.25 bits per heavy atom. The summed E-state index contributed by atoms with van der Waals surface area (Å²) in [5, 5.41) is 7.76. The standard InChI is InChI=1S/C17H18ClN3O3/c18-11-1-3-12(4-2-11)24-13-5-7-21(8-6-13)17(22)16-14-9-23-10-15(14)19-20-16/h1-4,13H,5-10H2,(H,19,20). The molecule has 0 radical (unpaired) electrons. The van der Waals surface area contributed by atoms with Crippen molar-refractivity contribution in [2.45, 2.75) is 32.2 Å². The molecule has 4 rings (SSSR count). The van der Waals surface area contributed by atoms with Crippen LogP contribution in [0.2, 0.25) is 5.02 Å². The summed E-state index contributed by atoms with van der Waals surface area (Å²) in [6.07, 6.45) is 1.72. The Morgan fingerprint density at radius 3 is 2.75 bits per heavy atom.